The number of hydrogen-bond acceptors (Lipinski definition) is 12. The number of nitrogens with zero attached hydrogens (tertiary/aromatic N) is 1. The number of aliphatic hydroxyl groups excluding tert-OH is 1. The topological polar surface area (TPSA) is 179 Å². The summed E-state index contributed by atoms with van der Waals surface area (Å²) < 4.78 is 26.8. The molecule has 14 nitrogen and oxygen atoms in total. The lowest BCUT2D eigenvalue weighted by Gasteiger charge is -2.17. The Balaban J connectivity index is 0. The van der Waals surface area contributed by atoms with E-state index in [0.29, 0.717) is 83.6 Å². The molecule has 258 valence electrons. The molecule has 0 aromatic heterocycles. The van der Waals surface area contributed by atoms with Gasteiger partial charge in [-0.25, -0.2) is 0 Å². The minimum atomic E-state index is -0.271. The van der Waals surface area contributed by atoms with Crippen molar-refractivity contribution in [2.24, 2.45) is 0 Å². The maximum Gasteiger partial charge on any atom is 0.258 e. The van der Waals surface area contributed by atoms with Crippen LogP contribution in [0.4, 0.5) is 0 Å². The van der Waals surface area contributed by atoms with Crippen LogP contribution in [0.2, 0.25) is 0 Å². The number of carbonyl (C=O) groups is 5. The highest BCUT2D eigenvalue weighted by Gasteiger charge is 2.11. The monoisotopic (exact) mass is 643 g/mol. The normalized spacial score (nSPS) is 10.9. The van der Waals surface area contributed by atoms with Gasteiger partial charge in [-0.1, -0.05) is 12.1 Å². The lowest BCUT2D eigenvalue weighted by Crippen LogP contribution is -2.31. The summed E-state index contributed by atoms with van der Waals surface area (Å²) in [6.07, 6.45) is 4.16. The van der Waals surface area contributed by atoms with Crippen LogP contribution in [0.25, 0.3) is 0 Å². The Hall–Kier alpha value is -3.27. The van der Waals surface area contributed by atoms with E-state index in [4.69, 9.17) is 33.6 Å². The number of likely N-dealkylation sites (N-methyl/N-ethyl adjacent to an activating group) is 1. The largest absolute Gasteiger partial charge is 0.483 e. The first-order valence-corrected chi connectivity index (χ1v) is 14.8. The summed E-state index contributed by atoms with van der Waals surface area (Å²) in [6.45, 7) is 8.22. The molecule has 14 heteroatoms. The highest BCUT2D eigenvalue weighted by atomic mass is 16.5. The van der Waals surface area contributed by atoms with Gasteiger partial charge in [-0.3, -0.25) is 19.3 Å². The molecule has 1 unspecified atom stereocenters. The molecule has 0 bridgehead atoms. The van der Waals surface area contributed by atoms with Crippen molar-refractivity contribution in [3.63, 3.8) is 0 Å². The van der Waals surface area contributed by atoms with Gasteiger partial charge in [0.1, 0.15) is 18.8 Å². The molecule has 1 aromatic carbocycles. The lowest BCUT2D eigenvalue weighted by molar-refractivity contribution is -0.123. The van der Waals surface area contributed by atoms with Crippen molar-refractivity contribution in [2.45, 2.75) is 38.6 Å². The van der Waals surface area contributed by atoms with Gasteiger partial charge in [0.05, 0.1) is 44.6 Å². The number of amides is 2. The summed E-state index contributed by atoms with van der Waals surface area (Å²) in [5, 5.41) is 13.8. The van der Waals surface area contributed by atoms with E-state index in [0.717, 1.165) is 31.0 Å². The average Bonchev–Trinajstić information content (AvgIpc) is 3.04. The zero-order valence-corrected chi connectivity index (χ0v) is 27.3. The van der Waals surface area contributed by atoms with E-state index in [-0.39, 0.29) is 31.1 Å². The first-order valence-electron chi connectivity index (χ1n) is 14.8. The average molecular weight is 644 g/mol. The number of benzene rings is 1. The summed E-state index contributed by atoms with van der Waals surface area (Å²) in [7, 11) is 5.24. The standard InChI is InChI=1S/C22H35NO8.C8H16N2O2.CH2O/c1-19-5-2-6-21(20(19)17-25)31-18-22(26)23-7-13-28-11-3-9-27-10-4-12-29-15-16-30-14-8-24;1-9-8(12)5-4-7(6-11)10(2)3;1-2/h2,5-6,17,24H,3-4,7-16,18H2,1H3,(H,23,26);6-7H,4-5H2,1-3H3,(H,9,12);1H2. The maximum absolute atomic E-state index is 11.8. The predicted molar refractivity (Wildman–Crippen MR) is 169 cm³/mol. The third-order valence-corrected chi connectivity index (χ3v) is 5.86. The molecule has 3 N–H and O–H groups in total. The summed E-state index contributed by atoms with van der Waals surface area (Å²) in [5.41, 5.74) is 1.26. The highest BCUT2D eigenvalue weighted by Crippen LogP contribution is 2.19. The number of aldehydes is 2. The first kappa shape index (κ1) is 43.9. The fraction of sp³-hybridized carbons (Fsp3) is 0.645. The van der Waals surface area contributed by atoms with Gasteiger partial charge < -0.3 is 49.0 Å². The van der Waals surface area contributed by atoms with Crippen molar-refractivity contribution in [3.05, 3.63) is 29.3 Å². The number of nitrogens with one attached hydrogen (secondary N) is 2. The molecule has 0 saturated heterocycles. The number of carbonyl (C=O) groups excluding carboxylic acids is 5. The van der Waals surface area contributed by atoms with Gasteiger partial charge in [-0.05, 0) is 51.9 Å². The number of aliphatic hydroxyl groups is 1. The van der Waals surface area contributed by atoms with Crippen LogP contribution in [-0.2, 0) is 38.1 Å². The van der Waals surface area contributed by atoms with Gasteiger partial charge in [0.2, 0.25) is 5.91 Å². The first-order chi connectivity index (χ1) is 21.8. The second kappa shape index (κ2) is 32.1. The summed E-state index contributed by atoms with van der Waals surface area (Å²) in [6, 6.07) is 5.10. The molecule has 0 heterocycles. The van der Waals surface area contributed by atoms with Crippen LogP contribution >= 0.6 is 0 Å². The molecule has 45 heavy (non-hydrogen) atoms. The van der Waals surface area contributed by atoms with E-state index in [1.165, 1.54) is 0 Å². The molecule has 0 aliphatic heterocycles. The molecule has 0 aliphatic carbocycles. The minimum Gasteiger partial charge on any atom is -0.483 e. The molecular formula is C31H53N3O11. The molecule has 0 radical (unpaired) electrons. The Morgan fingerprint density at radius 3 is 2.02 bits per heavy atom. The summed E-state index contributed by atoms with van der Waals surface area (Å²) >= 11 is 0. The summed E-state index contributed by atoms with van der Waals surface area (Å²) in [5.74, 6) is 0.108. The molecule has 2 amide bonds. The fourth-order valence-corrected chi connectivity index (χ4v) is 3.36. The van der Waals surface area contributed by atoms with Gasteiger partial charge >= 0.3 is 0 Å². The van der Waals surface area contributed by atoms with E-state index >= 15 is 0 Å². The Labute approximate surface area is 267 Å². The van der Waals surface area contributed by atoms with E-state index in [1.807, 2.05) is 33.9 Å². The Morgan fingerprint density at radius 1 is 0.911 bits per heavy atom. The van der Waals surface area contributed by atoms with Crippen molar-refractivity contribution < 1.29 is 52.8 Å². The van der Waals surface area contributed by atoms with Gasteiger partial charge in [0, 0.05) is 46.4 Å². The molecule has 1 atom stereocenters. The molecule has 0 fully saturated rings. The molecule has 0 aliphatic rings. The quantitative estimate of drug-likeness (QED) is 0.1000. The third-order valence-electron chi connectivity index (χ3n) is 5.86. The van der Waals surface area contributed by atoms with Crippen molar-refractivity contribution >= 4 is 31.2 Å². The Bertz CT molecular complexity index is 904. The number of hydrogen-bond donors (Lipinski definition) is 3. The Kier molecular flexibility index (Phi) is 31.3. The predicted octanol–water partition coefficient (Wildman–Crippen LogP) is 0.598. The van der Waals surface area contributed by atoms with Crippen LogP contribution in [0, 0.1) is 6.92 Å². The second-order valence-electron chi connectivity index (χ2n) is 9.50. The van der Waals surface area contributed by atoms with Gasteiger partial charge in [0.15, 0.2) is 12.9 Å². The van der Waals surface area contributed by atoms with Crippen LogP contribution in [0.1, 0.15) is 41.6 Å². The van der Waals surface area contributed by atoms with Gasteiger partial charge in [0.25, 0.3) is 5.91 Å². The van der Waals surface area contributed by atoms with Crippen molar-refractivity contribution in [3.8, 4) is 5.75 Å². The van der Waals surface area contributed by atoms with E-state index in [9.17, 15) is 19.2 Å². The second-order valence-corrected chi connectivity index (χ2v) is 9.50. The highest BCUT2D eigenvalue weighted by molar-refractivity contribution is 5.82. The van der Waals surface area contributed by atoms with Crippen LogP contribution in [0.3, 0.4) is 0 Å². The van der Waals surface area contributed by atoms with Crippen LogP contribution < -0.4 is 15.4 Å². The van der Waals surface area contributed by atoms with Crippen molar-refractivity contribution in [1.29, 1.82) is 0 Å². The molecular weight excluding hydrogens is 590 g/mol. The molecule has 0 saturated carbocycles. The van der Waals surface area contributed by atoms with Crippen LogP contribution in [0.15, 0.2) is 18.2 Å². The van der Waals surface area contributed by atoms with Crippen LogP contribution in [0.5, 0.6) is 5.75 Å². The number of rotatable bonds is 25. The zero-order chi connectivity index (χ0) is 34.1. The van der Waals surface area contributed by atoms with E-state index in [1.54, 1.807) is 24.1 Å². The van der Waals surface area contributed by atoms with Gasteiger partial charge in [-0.15, -0.1) is 0 Å². The number of aryl methyl sites for hydroxylation is 1. The molecule has 1 aromatic rings. The van der Waals surface area contributed by atoms with Gasteiger partial charge in [-0.2, -0.15) is 0 Å². The molecule has 0 spiro atoms. The maximum atomic E-state index is 11.8. The SMILES string of the molecule is C=O.CNC(=O)CCC(C=O)N(C)C.Cc1cccc(OCC(=O)NCCOCCCOCCCOCCOCCO)c1C=O. The van der Waals surface area contributed by atoms with E-state index in [2.05, 4.69) is 10.6 Å². The fourth-order valence-electron chi connectivity index (χ4n) is 3.36. The summed E-state index contributed by atoms with van der Waals surface area (Å²) in [4.78, 5) is 54.0. The molecule has 1 rings (SSSR count). The smallest absolute Gasteiger partial charge is 0.258 e. The third kappa shape index (κ3) is 25.7. The number of ether oxygens (including phenoxy) is 5. The van der Waals surface area contributed by atoms with E-state index < -0.39 is 0 Å². The minimum absolute atomic E-state index is 0.0244. The zero-order valence-electron chi connectivity index (χ0n) is 27.3. The Morgan fingerprint density at radius 2 is 1.49 bits per heavy atom. The van der Waals surface area contributed by atoms with Crippen LogP contribution in [-0.4, -0.2) is 141 Å². The van der Waals surface area contributed by atoms with Crippen molar-refractivity contribution in [2.75, 3.05) is 93.8 Å². The van der Waals surface area contributed by atoms with Crippen molar-refractivity contribution in [1.82, 2.24) is 15.5 Å². The lowest BCUT2D eigenvalue weighted by atomic mass is 10.1.